The fourth-order valence-corrected chi connectivity index (χ4v) is 4.43. The summed E-state index contributed by atoms with van der Waals surface area (Å²) < 4.78 is 31.7. The Morgan fingerprint density at radius 3 is 2.14 bits per heavy atom. The number of halogens is 2. The van der Waals surface area contributed by atoms with Gasteiger partial charge in [-0.05, 0) is 63.6 Å². The second-order valence-corrected chi connectivity index (χ2v) is 11.9. The van der Waals surface area contributed by atoms with Crippen molar-refractivity contribution in [2.75, 3.05) is 24.2 Å². The van der Waals surface area contributed by atoms with E-state index in [4.69, 9.17) is 27.9 Å². The Balaban J connectivity index is 2.47. The number of hydrogen-bond acceptors (Lipinski definition) is 5. The molecule has 2 aromatic carbocycles. The molecular weight excluding hydrogens is 513 g/mol. The van der Waals surface area contributed by atoms with Gasteiger partial charge in [-0.15, -0.1) is 0 Å². The Bertz CT molecular complexity index is 1160. The first-order valence-electron chi connectivity index (χ1n) is 10.8. The lowest BCUT2D eigenvalue weighted by atomic mass is 10.1. The van der Waals surface area contributed by atoms with Crippen LogP contribution >= 0.6 is 23.2 Å². The molecule has 0 spiro atoms. The molecule has 1 atom stereocenters. The van der Waals surface area contributed by atoms with Crippen LogP contribution in [0.3, 0.4) is 0 Å². The molecule has 2 aromatic rings. The molecule has 2 rings (SSSR count). The van der Waals surface area contributed by atoms with Gasteiger partial charge in [-0.2, -0.15) is 0 Å². The second kappa shape index (κ2) is 11.5. The van der Waals surface area contributed by atoms with E-state index in [1.165, 1.54) is 24.1 Å². The first-order valence-corrected chi connectivity index (χ1v) is 13.4. The minimum Gasteiger partial charge on any atom is -0.495 e. The quantitative estimate of drug-likeness (QED) is 0.513. The van der Waals surface area contributed by atoms with Crippen molar-refractivity contribution in [2.45, 2.75) is 45.8 Å². The van der Waals surface area contributed by atoms with Crippen molar-refractivity contribution in [3.05, 3.63) is 58.1 Å². The average molecular weight is 545 g/mol. The van der Waals surface area contributed by atoms with Crippen molar-refractivity contribution in [1.82, 2.24) is 10.2 Å². The number of ether oxygens (including phenoxy) is 1. The van der Waals surface area contributed by atoms with Gasteiger partial charge in [0.2, 0.25) is 21.8 Å². The summed E-state index contributed by atoms with van der Waals surface area (Å²) in [6.45, 7) is 6.61. The molecule has 0 aliphatic heterocycles. The maximum absolute atomic E-state index is 13.6. The number of carbonyl (C=O) groups is 2. The van der Waals surface area contributed by atoms with Gasteiger partial charge in [0.15, 0.2) is 0 Å². The van der Waals surface area contributed by atoms with Crippen molar-refractivity contribution < 1.29 is 22.7 Å². The highest BCUT2D eigenvalue weighted by Crippen LogP contribution is 2.33. The maximum atomic E-state index is 13.6. The summed E-state index contributed by atoms with van der Waals surface area (Å²) in [6.07, 6.45) is 0.986. The van der Waals surface area contributed by atoms with Gasteiger partial charge in [-0.3, -0.25) is 13.9 Å². The minimum absolute atomic E-state index is 0.0685. The predicted molar refractivity (Wildman–Crippen MR) is 140 cm³/mol. The molecule has 0 heterocycles. The van der Waals surface area contributed by atoms with Gasteiger partial charge in [0.25, 0.3) is 0 Å². The van der Waals surface area contributed by atoms with Crippen molar-refractivity contribution in [3.8, 4) is 5.75 Å². The third-order valence-corrected chi connectivity index (χ3v) is 6.63. The van der Waals surface area contributed by atoms with Crippen LogP contribution < -0.4 is 14.4 Å². The molecule has 0 saturated heterocycles. The molecule has 0 bridgehead atoms. The summed E-state index contributed by atoms with van der Waals surface area (Å²) in [5, 5.41) is 3.67. The zero-order chi connectivity index (χ0) is 26.6. The molecule has 2 amide bonds. The minimum atomic E-state index is -3.92. The molecule has 0 aliphatic rings. The van der Waals surface area contributed by atoms with E-state index in [-0.39, 0.29) is 28.9 Å². The Labute approximate surface area is 217 Å². The number of rotatable bonds is 9. The third kappa shape index (κ3) is 8.30. The van der Waals surface area contributed by atoms with Gasteiger partial charge in [0.05, 0.1) is 19.1 Å². The van der Waals surface area contributed by atoms with Crippen LogP contribution in [0.4, 0.5) is 5.69 Å². The number of hydrogen-bond donors (Lipinski definition) is 1. The highest BCUT2D eigenvalue weighted by molar-refractivity contribution is 7.92. The van der Waals surface area contributed by atoms with Crippen LogP contribution in [0, 0.1) is 0 Å². The van der Waals surface area contributed by atoms with Crippen molar-refractivity contribution >= 4 is 50.7 Å². The number of anilines is 1. The van der Waals surface area contributed by atoms with Crippen LogP contribution in [0.2, 0.25) is 10.0 Å². The van der Waals surface area contributed by atoms with E-state index in [1.54, 1.807) is 37.3 Å². The molecule has 0 aliphatic carbocycles. The molecule has 11 heteroatoms. The van der Waals surface area contributed by atoms with E-state index >= 15 is 0 Å². The Morgan fingerprint density at radius 2 is 1.63 bits per heavy atom. The molecule has 0 fully saturated rings. The van der Waals surface area contributed by atoms with Gasteiger partial charge >= 0.3 is 0 Å². The molecule has 0 radical (unpaired) electrons. The van der Waals surface area contributed by atoms with Crippen molar-refractivity contribution in [1.29, 1.82) is 0 Å². The van der Waals surface area contributed by atoms with Crippen LogP contribution in [-0.2, 0) is 26.2 Å². The maximum Gasteiger partial charge on any atom is 0.244 e. The molecule has 1 N–H and O–H groups in total. The largest absolute Gasteiger partial charge is 0.495 e. The van der Waals surface area contributed by atoms with E-state index in [1.807, 2.05) is 20.8 Å². The summed E-state index contributed by atoms with van der Waals surface area (Å²) in [4.78, 5) is 27.9. The smallest absolute Gasteiger partial charge is 0.244 e. The summed E-state index contributed by atoms with van der Waals surface area (Å²) in [6, 6.07) is 10.4. The number of sulfonamides is 1. The summed E-state index contributed by atoms with van der Waals surface area (Å²) in [7, 11) is -2.53. The molecule has 192 valence electrons. The normalized spacial score (nSPS) is 12.6. The van der Waals surface area contributed by atoms with E-state index in [0.717, 1.165) is 16.1 Å². The zero-order valence-corrected chi connectivity index (χ0v) is 23.0. The van der Waals surface area contributed by atoms with E-state index < -0.39 is 34.1 Å². The van der Waals surface area contributed by atoms with Gasteiger partial charge < -0.3 is 15.0 Å². The number of methoxy groups -OCH3 is 1. The monoisotopic (exact) mass is 543 g/mol. The average Bonchev–Trinajstić information content (AvgIpc) is 2.74. The number of nitrogens with one attached hydrogen (secondary N) is 1. The number of benzene rings is 2. The van der Waals surface area contributed by atoms with Gasteiger partial charge in [0.1, 0.15) is 18.3 Å². The van der Waals surface area contributed by atoms with Crippen LogP contribution in [0.5, 0.6) is 5.75 Å². The lowest BCUT2D eigenvalue weighted by molar-refractivity contribution is -0.140. The van der Waals surface area contributed by atoms with E-state index in [2.05, 4.69) is 5.32 Å². The summed E-state index contributed by atoms with van der Waals surface area (Å²) in [5.74, 6) is -0.717. The van der Waals surface area contributed by atoms with Gasteiger partial charge in [0, 0.05) is 22.1 Å². The molecule has 8 nitrogen and oxygen atoms in total. The Morgan fingerprint density at radius 1 is 1.06 bits per heavy atom. The lowest BCUT2D eigenvalue weighted by Gasteiger charge is -2.33. The van der Waals surface area contributed by atoms with Crippen LogP contribution in [0.15, 0.2) is 42.5 Å². The highest BCUT2D eigenvalue weighted by Gasteiger charge is 2.32. The van der Waals surface area contributed by atoms with Crippen LogP contribution in [-0.4, -0.2) is 56.6 Å². The first-order chi connectivity index (χ1) is 16.1. The lowest BCUT2D eigenvalue weighted by Crippen LogP contribution is -2.54. The number of nitrogens with zero attached hydrogens (tertiary/aromatic N) is 2. The number of carbonyl (C=O) groups excluding carboxylic acids is 2. The van der Waals surface area contributed by atoms with Crippen molar-refractivity contribution in [3.63, 3.8) is 0 Å². The predicted octanol–water partition coefficient (Wildman–Crippen LogP) is 4.10. The SMILES string of the molecule is COc1ccc(Cl)cc1N(CC(=O)N(Cc1ccc(Cl)cc1)[C@H](C)C(=O)NC(C)(C)C)S(C)(=O)=O. The molecular formula is C24H31Cl2N3O5S. The topological polar surface area (TPSA) is 96.0 Å². The molecule has 35 heavy (non-hydrogen) atoms. The van der Waals surface area contributed by atoms with Gasteiger partial charge in [-0.25, -0.2) is 8.42 Å². The van der Waals surface area contributed by atoms with Crippen molar-refractivity contribution in [2.24, 2.45) is 0 Å². The fraction of sp³-hybridized carbons (Fsp3) is 0.417. The standard InChI is InChI=1S/C24H31Cl2N3O5S/c1-16(23(31)27-24(2,3)4)28(14-17-7-9-18(25)10-8-17)22(30)15-29(35(6,32)33)20-13-19(26)11-12-21(20)34-5/h7-13,16H,14-15H2,1-6H3,(H,27,31)/t16-/m1/s1. The number of amides is 2. The van der Waals surface area contributed by atoms with E-state index in [9.17, 15) is 18.0 Å². The highest BCUT2D eigenvalue weighted by atomic mass is 35.5. The fourth-order valence-electron chi connectivity index (χ4n) is 3.30. The molecule has 0 aromatic heterocycles. The summed E-state index contributed by atoms with van der Waals surface area (Å²) >= 11 is 12.1. The van der Waals surface area contributed by atoms with Crippen LogP contribution in [0.1, 0.15) is 33.3 Å². The molecule has 0 unspecified atom stereocenters. The van der Waals surface area contributed by atoms with Gasteiger partial charge in [-0.1, -0.05) is 35.3 Å². The van der Waals surface area contributed by atoms with E-state index in [0.29, 0.717) is 5.02 Å². The van der Waals surface area contributed by atoms with Crippen LogP contribution in [0.25, 0.3) is 0 Å². The summed E-state index contributed by atoms with van der Waals surface area (Å²) in [5.41, 5.74) is 0.325. The zero-order valence-electron chi connectivity index (χ0n) is 20.6. The molecule has 0 saturated carbocycles. The third-order valence-electron chi connectivity index (χ3n) is 5.02. The Kier molecular flexibility index (Phi) is 9.44. The first kappa shape index (κ1) is 28.7. The Hall–Kier alpha value is -2.49. The second-order valence-electron chi connectivity index (χ2n) is 9.15.